The molecule has 0 aliphatic heterocycles. The van der Waals surface area contributed by atoms with Crippen LogP contribution in [-0.4, -0.2) is 30.9 Å². The van der Waals surface area contributed by atoms with Gasteiger partial charge in [0.1, 0.15) is 6.04 Å². The summed E-state index contributed by atoms with van der Waals surface area (Å²) < 4.78 is 0. The molecule has 116 valence electrons. The Morgan fingerprint density at radius 2 is 1.95 bits per heavy atom. The maximum absolute atomic E-state index is 12.1. The molecule has 0 radical (unpaired) electrons. The molecule has 3 N–H and O–H groups in total. The third-order valence-electron chi connectivity index (χ3n) is 3.15. The minimum atomic E-state index is -0.546. The number of benzene rings is 1. The zero-order valence-corrected chi connectivity index (χ0v) is 13.2. The first-order valence-electron chi connectivity index (χ1n) is 7.42. The van der Waals surface area contributed by atoms with Crippen molar-refractivity contribution in [2.24, 2.45) is 0 Å². The molecule has 5 nitrogen and oxygen atoms in total. The molecule has 1 rings (SSSR count). The normalized spacial score (nSPS) is 11.6. The first-order valence-corrected chi connectivity index (χ1v) is 7.42. The Labute approximate surface area is 126 Å². The highest BCUT2D eigenvalue weighted by Gasteiger charge is 2.16. The van der Waals surface area contributed by atoms with E-state index >= 15 is 0 Å². The number of carbonyl (C=O) groups excluding carboxylic acids is 2. The van der Waals surface area contributed by atoms with Crippen LogP contribution in [0.1, 0.15) is 43.1 Å². The summed E-state index contributed by atoms with van der Waals surface area (Å²) in [5.74, 6) is -0.414. The molecule has 0 aromatic heterocycles. The van der Waals surface area contributed by atoms with Crippen molar-refractivity contribution >= 4 is 17.5 Å². The SMILES string of the molecule is CCCNc1ccc(C(=O)NC(C)C(=O)NCC)cc1C. The number of amides is 2. The third kappa shape index (κ3) is 5.10. The molecular weight excluding hydrogens is 266 g/mol. The first kappa shape index (κ1) is 17.0. The van der Waals surface area contributed by atoms with E-state index in [1.807, 2.05) is 26.0 Å². The summed E-state index contributed by atoms with van der Waals surface area (Å²) in [6.45, 7) is 9.04. The average molecular weight is 291 g/mol. The minimum Gasteiger partial charge on any atom is -0.385 e. The van der Waals surface area contributed by atoms with Gasteiger partial charge in [-0.15, -0.1) is 0 Å². The first-order chi connectivity index (χ1) is 9.99. The largest absolute Gasteiger partial charge is 0.385 e. The maximum Gasteiger partial charge on any atom is 0.251 e. The number of likely N-dealkylation sites (N-methyl/N-ethyl adjacent to an activating group) is 1. The van der Waals surface area contributed by atoms with E-state index in [1.165, 1.54) is 0 Å². The summed E-state index contributed by atoms with van der Waals surface area (Å²) in [4.78, 5) is 23.7. The van der Waals surface area contributed by atoms with Gasteiger partial charge in [-0.2, -0.15) is 0 Å². The zero-order chi connectivity index (χ0) is 15.8. The molecule has 0 saturated heterocycles. The predicted octanol–water partition coefficient (Wildman–Crippen LogP) is 2.07. The summed E-state index contributed by atoms with van der Waals surface area (Å²) in [6.07, 6.45) is 1.05. The molecule has 21 heavy (non-hydrogen) atoms. The highest BCUT2D eigenvalue weighted by molar-refractivity contribution is 5.97. The molecule has 0 fully saturated rings. The van der Waals surface area contributed by atoms with Crippen LogP contribution in [0.5, 0.6) is 0 Å². The van der Waals surface area contributed by atoms with Crippen molar-refractivity contribution in [1.29, 1.82) is 0 Å². The van der Waals surface area contributed by atoms with Crippen molar-refractivity contribution in [2.45, 2.75) is 40.2 Å². The van der Waals surface area contributed by atoms with Crippen LogP contribution >= 0.6 is 0 Å². The second kappa shape index (κ2) is 8.29. The lowest BCUT2D eigenvalue weighted by molar-refractivity contribution is -0.122. The molecule has 5 heteroatoms. The predicted molar refractivity (Wildman–Crippen MR) is 85.6 cm³/mol. The Balaban J connectivity index is 2.70. The molecule has 2 amide bonds. The standard InChI is InChI=1S/C16H25N3O2/c1-5-9-18-14-8-7-13(10-11(14)3)16(21)19-12(4)15(20)17-6-2/h7-8,10,12,18H,5-6,9H2,1-4H3,(H,17,20)(H,19,21). The number of anilines is 1. The van der Waals surface area contributed by atoms with Gasteiger partial charge in [-0.1, -0.05) is 6.92 Å². The van der Waals surface area contributed by atoms with Gasteiger partial charge in [0.2, 0.25) is 5.91 Å². The van der Waals surface area contributed by atoms with Crippen molar-refractivity contribution in [1.82, 2.24) is 10.6 Å². The van der Waals surface area contributed by atoms with E-state index in [1.54, 1.807) is 13.0 Å². The van der Waals surface area contributed by atoms with E-state index in [4.69, 9.17) is 0 Å². The molecule has 1 aromatic carbocycles. The molecule has 0 saturated carbocycles. The zero-order valence-electron chi connectivity index (χ0n) is 13.2. The Morgan fingerprint density at radius 3 is 2.52 bits per heavy atom. The number of rotatable bonds is 7. The average Bonchev–Trinajstić information content (AvgIpc) is 2.46. The van der Waals surface area contributed by atoms with E-state index in [0.717, 1.165) is 24.2 Å². The number of nitrogens with one attached hydrogen (secondary N) is 3. The van der Waals surface area contributed by atoms with Crippen LogP contribution in [0.3, 0.4) is 0 Å². The van der Waals surface area contributed by atoms with E-state index in [0.29, 0.717) is 12.1 Å². The summed E-state index contributed by atoms with van der Waals surface area (Å²) in [5.41, 5.74) is 2.61. The summed E-state index contributed by atoms with van der Waals surface area (Å²) in [6, 6.07) is 4.95. The van der Waals surface area contributed by atoms with Gasteiger partial charge in [-0.3, -0.25) is 9.59 Å². The van der Waals surface area contributed by atoms with E-state index in [9.17, 15) is 9.59 Å². The van der Waals surface area contributed by atoms with Crippen molar-refractivity contribution in [3.05, 3.63) is 29.3 Å². The molecule has 1 unspecified atom stereocenters. The lowest BCUT2D eigenvalue weighted by Crippen LogP contribution is -2.44. The number of hydrogen-bond donors (Lipinski definition) is 3. The second-order valence-corrected chi connectivity index (χ2v) is 5.05. The Kier molecular flexibility index (Phi) is 6.72. The Morgan fingerprint density at radius 1 is 1.24 bits per heavy atom. The molecule has 1 atom stereocenters. The summed E-state index contributed by atoms with van der Waals surface area (Å²) in [7, 11) is 0. The van der Waals surface area contributed by atoms with Crippen molar-refractivity contribution < 1.29 is 9.59 Å². The van der Waals surface area contributed by atoms with E-state index in [2.05, 4.69) is 22.9 Å². The number of hydrogen-bond acceptors (Lipinski definition) is 3. The van der Waals surface area contributed by atoms with Gasteiger partial charge in [0.15, 0.2) is 0 Å². The number of aryl methyl sites for hydroxylation is 1. The van der Waals surface area contributed by atoms with Gasteiger partial charge >= 0.3 is 0 Å². The van der Waals surface area contributed by atoms with Gasteiger partial charge < -0.3 is 16.0 Å². The van der Waals surface area contributed by atoms with Gasteiger partial charge in [0.25, 0.3) is 5.91 Å². The molecule has 0 aliphatic carbocycles. The molecule has 0 aliphatic rings. The van der Waals surface area contributed by atoms with Gasteiger partial charge in [-0.05, 0) is 51.0 Å². The molecular formula is C16H25N3O2. The molecule has 0 bridgehead atoms. The van der Waals surface area contributed by atoms with Gasteiger partial charge in [0.05, 0.1) is 0 Å². The van der Waals surface area contributed by atoms with Crippen LogP contribution in [-0.2, 0) is 4.79 Å². The van der Waals surface area contributed by atoms with E-state index < -0.39 is 6.04 Å². The lowest BCUT2D eigenvalue weighted by Gasteiger charge is -2.14. The lowest BCUT2D eigenvalue weighted by atomic mass is 10.1. The van der Waals surface area contributed by atoms with Crippen molar-refractivity contribution in [2.75, 3.05) is 18.4 Å². The van der Waals surface area contributed by atoms with Crippen LogP contribution in [0.2, 0.25) is 0 Å². The van der Waals surface area contributed by atoms with Crippen LogP contribution in [0.4, 0.5) is 5.69 Å². The highest BCUT2D eigenvalue weighted by Crippen LogP contribution is 2.16. The smallest absolute Gasteiger partial charge is 0.251 e. The molecule has 1 aromatic rings. The quantitative estimate of drug-likeness (QED) is 0.720. The maximum atomic E-state index is 12.1. The molecule has 0 spiro atoms. The second-order valence-electron chi connectivity index (χ2n) is 5.05. The van der Waals surface area contributed by atoms with Gasteiger partial charge in [0, 0.05) is 24.3 Å². The summed E-state index contributed by atoms with van der Waals surface area (Å²) >= 11 is 0. The topological polar surface area (TPSA) is 70.2 Å². The minimum absolute atomic E-state index is 0.177. The fourth-order valence-corrected chi connectivity index (χ4v) is 1.94. The summed E-state index contributed by atoms with van der Waals surface area (Å²) in [5, 5.41) is 8.69. The van der Waals surface area contributed by atoms with Crippen molar-refractivity contribution in [3.8, 4) is 0 Å². The number of carbonyl (C=O) groups is 2. The highest BCUT2D eigenvalue weighted by atomic mass is 16.2. The van der Waals surface area contributed by atoms with E-state index in [-0.39, 0.29) is 11.8 Å². The fraction of sp³-hybridized carbons (Fsp3) is 0.500. The third-order valence-corrected chi connectivity index (χ3v) is 3.15. The van der Waals surface area contributed by atoms with Crippen LogP contribution in [0.25, 0.3) is 0 Å². The van der Waals surface area contributed by atoms with Crippen LogP contribution < -0.4 is 16.0 Å². The van der Waals surface area contributed by atoms with Crippen molar-refractivity contribution in [3.63, 3.8) is 0 Å². The Bertz CT molecular complexity index is 500. The fourth-order valence-electron chi connectivity index (χ4n) is 1.94. The molecule has 0 heterocycles. The Hall–Kier alpha value is -2.04. The van der Waals surface area contributed by atoms with Crippen LogP contribution in [0, 0.1) is 6.92 Å². The van der Waals surface area contributed by atoms with Crippen LogP contribution in [0.15, 0.2) is 18.2 Å². The van der Waals surface area contributed by atoms with Gasteiger partial charge in [-0.25, -0.2) is 0 Å². The monoisotopic (exact) mass is 291 g/mol.